The molecule has 8 heteroatoms. The van der Waals surface area contributed by atoms with Crippen molar-refractivity contribution in [1.82, 2.24) is 15.3 Å². The molecule has 21 heavy (non-hydrogen) atoms. The third kappa shape index (κ3) is 3.53. The SMILES string of the molecule is CNc1ccc(C(F)(F)F)cc1C(=O)NCc1ncc[nH]1. The van der Waals surface area contributed by atoms with Crippen LogP contribution < -0.4 is 10.6 Å². The third-order valence-corrected chi connectivity index (χ3v) is 2.83. The summed E-state index contributed by atoms with van der Waals surface area (Å²) in [6.07, 6.45) is -1.39. The molecule has 1 aromatic heterocycles. The molecule has 0 atom stereocenters. The molecule has 1 aromatic carbocycles. The first-order chi connectivity index (χ1) is 9.91. The standard InChI is InChI=1S/C13H13F3N4O/c1-17-10-3-2-8(13(14,15)16)6-9(10)12(21)20-7-11-18-4-5-19-11/h2-6,17H,7H2,1H3,(H,18,19)(H,20,21). The molecule has 1 heterocycles. The summed E-state index contributed by atoms with van der Waals surface area (Å²) >= 11 is 0. The molecule has 5 nitrogen and oxygen atoms in total. The van der Waals surface area contributed by atoms with Crippen molar-refractivity contribution in [1.29, 1.82) is 0 Å². The van der Waals surface area contributed by atoms with Crippen molar-refractivity contribution in [2.24, 2.45) is 0 Å². The Balaban J connectivity index is 2.21. The molecule has 0 saturated heterocycles. The number of amides is 1. The number of hydrogen-bond acceptors (Lipinski definition) is 3. The topological polar surface area (TPSA) is 69.8 Å². The lowest BCUT2D eigenvalue weighted by Gasteiger charge is -2.13. The normalized spacial score (nSPS) is 11.2. The van der Waals surface area contributed by atoms with Crippen molar-refractivity contribution < 1.29 is 18.0 Å². The molecule has 2 rings (SSSR count). The van der Waals surface area contributed by atoms with Crippen LogP contribution in [0.5, 0.6) is 0 Å². The van der Waals surface area contributed by atoms with E-state index in [0.29, 0.717) is 11.5 Å². The summed E-state index contributed by atoms with van der Waals surface area (Å²) in [6, 6.07) is 2.98. The number of carbonyl (C=O) groups is 1. The van der Waals surface area contributed by atoms with Gasteiger partial charge in [0.25, 0.3) is 5.91 Å². The number of carbonyl (C=O) groups excluding carboxylic acids is 1. The van der Waals surface area contributed by atoms with Gasteiger partial charge in [-0.2, -0.15) is 13.2 Å². The van der Waals surface area contributed by atoms with Gasteiger partial charge in [-0.25, -0.2) is 4.98 Å². The van der Waals surface area contributed by atoms with Crippen LogP contribution in [0.15, 0.2) is 30.6 Å². The van der Waals surface area contributed by atoms with E-state index in [0.717, 1.165) is 12.1 Å². The average Bonchev–Trinajstić information content (AvgIpc) is 2.96. The zero-order chi connectivity index (χ0) is 15.5. The van der Waals surface area contributed by atoms with Crippen LogP contribution in [-0.2, 0) is 12.7 Å². The maximum Gasteiger partial charge on any atom is 0.416 e. The molecular formula is C13H13F3N4O. The molecule has 0 aliphatic heterocycles. The van der Waals surface area contributed by atoms with Gasteiger partial charge in [-0.15, -0.1) is 0 Å². The second-order valence-corrected chi connectivity index (χ2v) is 4.23. The summed E-state index contributed by atoms with van der Waals surface area (Å²) in [5, 5.41) is 5.21. The number of imidazole rings is 1. The van der Waals surface area contributed by atoms with Gasteiger partial charge in [-0.3, -0.25) is 4.79 Å². The van der Waals surface area contributed by atoms with Crippen LogP contribution in [0.3, 0.4) is 0 Å². The number of H-pyrrole nitrogens is 1. The summed E-state index contributed by atoms with van der Waals surface area (Å²) in [7, 11) is 1.53. The Kier molecular flexibility index (Phi) is 4.15. The van der Waals surface area contributed by atoms with Gasteiger partial charge < -0.3 is 15.6 Å². The number of halogens is 3. The van der Waals surface area contributed by atoms with E-state index in [1.165, 1.54) is 19.3 Å². The number of anilines is 1. The van der Waals surface area contributed by atoms with Gasteiger partial charge in [0.2, 0.25) is 0 Å². The predicted octanol–water partition coefficient (Wildman–Crippen LogP) is 2.40. The Morgan fingerprint density at radius 3 is 2.71 bits per heavy atom. The van der Waals surface area contributed by atoms with Gasteiger partial charge in [-0.1, -0.05) is 0 Å². The highest BCUT2D eigenvalue weighted by Gasteiger charge is 2.31. The van der Waals surface area contributed by atoms with E-state index in [1.54, 1.807) is 6.20 Å². The third-order valence-electron chi connectivity index (χ3n) is 2.83. The van der Waals surface area contributed by atoms with Crippen LogP contribution in [0.1, 0.15) is 21.7 Å². The van der Waals surface area contributed by atoms with Crippen molar-refractivity contribution in [2.75, 3.05) is 12.4 Å². The lowest BCUT2D eigenvalue weighted by molar-refractivity contribution is -0.137. The molecule has 0 fully saturated rings. The van der Waals surface area contributed by atoms with Gasteiger partial charge in [-0.05, 0) is 18.2 Å². The van der Waals surface area contributed by atoms with Crippen molar-refractivity contribution in [2.45, 2.75) is 12.7 Å². The maximum absolute atomic E-state index is 12.7. The molecule has 3 N–H and O–H groups in total. The molecule has 0 saturated carbocycles. The molecule has 0 radical (unpaired) electrons. The number of alkyl halides is 3. The smallest absolute Gasteiger partial charge is 0.387 e. The first kappa shape index (κ1) is 14.9. The van der Waals surface area contributed by atoms with E-state index in [1.807, 2.05) is 0 Å². The number of rotatable bonds is 4. The fraction of sp³-hybridized carbons (Fsp3) is 0.231. The molecule has 0 aliphatic carbocycles. The van der Waals surface area contributed by atoms with Gasteiger partial charge in [0, 0.05) is 25.1 Å². The van der Waals surface area contributed by atoms with Gasteiger partial charge >= 0.3 is 6.18 Å². The van der Waals surface area contributed by atoms with Crippen molar-refractivity contribution >= 4 is 11.6 Å². The van der Waals surface area contributed by atoms with Crippen LogP contribution in [0.25, 0.3) is 0 Å². The van der Waals surface area contributed by atoms with Gasteiger partial charge in [0.1, 0.15) is 5.82 Å². The number of aromatic nitrogens is 2. The van der Waals surface area contributed by atoms with Crippen LogP contribution >= 0.6 is 0 Å². The zero-order valence-corrected chi connectivity index (χ0v) is 11.1. The van der Waals surface area contributed by atoms with Crippen molar-refractivity contribution in [3.8, 4) is 0 Å². The van der Waals surface area contributed by atoms with Gasteiger partial charge in [0.05, 0.1) is 17.7 Å². The largest absolute Gasteiger partial charge is 0.416 e. The van der Waals surface area contributed by atoms with E-state index in [2.05, 4.69) is 20.6 Å². The average molecular weight is 298 g/mol. The van der Waals surface area contributed by atoms with Crippen LogP contribution in [0, 0.1) is 0 Å². The van der Waals surface area contributed by atoms with E-state index in [-0.39, 0.29) is 12.1 Å². The van der Waals surface area contributed by atoms with Crippen LogP contribution in [0.2, 0.25) is 0 Å². The summed E-state index contributed by atoms with van der Waals surface area (Å²) in [5.41, 5.74) is -0.622. The summed E-state index contributed by atoms with van der Waals surface area (Å²) in [5.74, 6) is -0.0943. The lowest BCUT2D eigenvalue weighted by Crippen LogP contribution is -2.25. The van der Waals surface area contributed by atoms with E-state index in [9.17, 15) is 18.0 Å². The molecule has 0 aliphatic rings. The fourth-order valence-corrected chi connectivity index (χ4v) is 1.78. The Hall–Kier alpha value is -2.51. The summed E-state index contributed by atoms with van der Waals surface area (Å²) in [6.45, 7) is 0.102. The second-order valence-electron chi connectivity index (χ2n) is 4.23. The molecule has 112 valence electrons. The van der Waals surface area contributed by atoms with E-state index < -0.39 is 17.6 Å². The Labute approximate surface area is 118 Å². The number of aromatic amines is 1. The van der Waals surface area contributed by atoms with Crippen LogP contribution in [0.4, 0.5) is 18.9 Å². The number of nitrogens with zero attached hydrogens (tertiary/aromatic N) is 1. The number of hydrogen-bond donors (Lipinski definition) is 3. The molecule has 0 spiro atoms. The summed E-state index contributed by atoms with van der Waals surface area (Å²) in [4.78, 5) is 18.7. The lowest BCUT2D eigenvalue weighted by atomic mass is 10.1. The molecule has 2 aromatic rings. The quantitative estimate of drug-likeness (QED) is 0.812. The maximum atomic E-state index is 12.7. The first-order valence-electron chi connectivity index (χ1n) is 6.07. The Bertz CT molecular complexity index is 623. The van der Waals surface area contributed by atoms with Gasteiger partial charge in [0.15, 0.2) is 0 Å². The molecule has 1 amide bonds. The second kappa shape index (κ2) is 5.86. The van der Waals surface area contributed by atoms with Crippen molar-refractivity contribution in [3.05, 3.63) is 47.5 Å². The highest BCUT2D eigenvalue weighted by molar-refractivity contribution is 5.99. The highest BCUT2D eigenvalue weighted by Crippen LogP contribution is 2.31. The fourth-order valence-electron chi connectivity index (χ4n) is 1.78. The van der Waals surface area contributed by atoms with E-state index in [4.69, 9.17) is 0 Å². The van der Waals surface area contributed by atoms with Crippen LogP contribution in [-0.4, -0.2) is 22.9 Å². The predicted molar refractivity (Wildman–Crippen MR) is 70.7 cm³/mol. The zero-order valence-electron chi connectivity index (χ0n) is 11.1. The molecule has 0 bridgehead atoms. The Morgan fingerprint density at radius 2 is 2.14 bits per heavy atom. The minimum Gasteiger partial charge on any atom is -0.387 e. The highest BCUT2D eigenvalue weighted by atomic mass is 19.4. The van der Waals surface area contributed by atoms with E-state index >= 15 is 0 Å². The van der Waals surface area contributed by atoms with Crippen molar-refractivity contribution in [3.63, 3.8) is 0 Å². The minimum atomic E-state index is -4.50. The molecule has 0 unspecified atom stereocenters. The minimum absolute atomic E-state index is 0.0705. The molecular weight excluding hydrogens is 285 g/mol. The monoisotopic (exact) mass is 298 g/mol. The number of benzene rings is 1. The first-order valence-corrected chi connectivity index (χ1v) is 6.07. The number of nitrogens with one attached hydrogen (secondary N) is 3. The summed E-state index contributed by atoms with van der Waals surface area (Å²) < 4.78 is 38.1. The Morgan fingerprint density at radius 1 is 1.38 bits per heavy atom.